The molecule has 2 unspecified atom stereocenters. The van der Waals surface area contributed by atoms with Crippen LogP contribution in [-0.4, -0.2) is 34.3 Å². The normalized spacial score (nSPS) is 20.5. The average Bonchev–Trinajstić information content (AvgIpc) is 3.24. The van der Waals surface area contributed by atoms with Crippen molar-refractivity contribution in [2.24, 2.45) is 5.92 Å². The third kappa shape index (κ3) is 3.64. The van der Waals surface area contributed by atoms with Gasteiger partial charge in [0.1, 0.15) is 11.6 Å². The van der Waals surface area contributed by atoms with Crippen molar-refractivity contribution in [1.29, 1.82) is 0 Å². The van der Waals surface area contributed by atoms with Crippen molar-refractivity contribution >= 4 is 17.8 Å². The first kappa shape index (κ1) is 20.4. The number of amides is 4. The molecule has 2 N–H and O–H groups in total. The second-order valence-corrected chi connectivity index (χ2v) is 8.40. The van der Waals surface area contributed by atoms with E-state index in [0.29, 0.717) is 12.8 Å². The van der Waals surface area contributed by atoms with Crippen molar-refractivity contribution in [2.45, 2.75) is 77.4 Å². The number of hydrogen-bond donors (Lipinski definition) is 2. The van der Waals surface area contributed by atoms with Gasteiger partial charge in [0.25, 0.3) is 5.91 Å². The number of imide groups is 1. The second-order valence-electron chi connectivity index (χ2n) is 8.40. The van der Waals surface area contributed by atoms with Crippen LogP contribution in [0.3, 0.4) is 0 Å². The van der Waals surface area contributed by atoms with Crippen LogP contribution in [0.4, 0.5) is 4.79 Å². The molecule has 2 atom stereocenters. The number of aryl methyl sites for hydroxylation is 1. The lowest BCUT2D eigenvalue weighted by molar-refractivity contribution is -0.138. The molecular weight excluding hydrogens is 354 g/mol. The average molecular weight is 386 g/mol. The van der Waals surface area contributed by atoms with Gasteiger partial charge in [0, 0.05) is 0 Å². The van der Waals surface area contributed by atoms with Gasteiger partial charge >= 0.3 is 6.03 Å². The number of nitrogens with one attached hydrogen (secondary N) is 2. The Morgan fingerprint density at radius 1 is 1.14 bits per heavy atom. The number of rotatable bonds is 6. The summed E-state index contributed by atoms with van der Waals surface area (Å²) in [5, 5.41) is 5.90. The van der Waals surface area contributed by atoms with E-state index < -0.39 is 17.6 Å². The van der Waals surface area contributed by atoms with Crippen molar-refractivity contribution in [3.63, 3.8) is 0 Å². The van der Waals surface area contributed by atoms with Crippen LogP contribution in [0.5, 0.6) is 0 Å². The quantitative estimate of drug-likeness (QED) is 0.738. The second kappa shape index (κ2) is 7.94. The van der Waals surface area contributed by atoms with E-state index in [1.165, 1.54) is 5.56 Å². The summed E-state index contributed by atoms with van der Waals surface area (Å²) in [6.45, 7) is 7.82. The Morgan fingerprint density at radius 3 is 2.29 bits per heavy atom. The monoisotopic (exact) mass is 385 g/mol. The van der Waals surface area contributed by atoms with Crippen LogP contribution in [0, 0.1) is 5.92 Å². The van der Waals surface area contributed by atoms with Gasteiger partial charge in [0.2, 0.25) is 5.91 Å². The molecule has 1 aromatic carbocycles. The van der Waals surface area contributed by atoms with Crippen molar-refractivity contribution in [2.75, 3.05) is 0 Å². The zero-order chi connectivity index (χ0) is 20.5. The highest BCUT2D eigenvalue weighted by Gasteiger charge is 2.54. The highest BCUT2D eigenvalue weighted by atomic mass is 16.2. The van der Waals surface area contributed by atoms with Crippen LogP contribution in [0.1, 0.15) is 70.5 Å². The Balaban J connectivity index is 1.74. The lowest BCUT2D eigenvalue weighted by Crippen LogP contribution is -2.50. The summed E-state index contributed by atoms with van der Waals surface area (Å²) in [7, 11) is 0. The lowest BCUT2D eigenvalue weighted by atomic mass is 9.94. The largest absolute Gasteiger partial charge is 0.347 e. The number of urea groups is 1. The minimum atomic E-state index is -0.844. The standard InChI is InChI=1S/C22H31N3O3/c1-5-16-8-10-17(11-9-16)18(14(2)3)23-19(26)15(4)25-20(27)22(24-21(25)28)12-6-7-13-22/h8-11,14-15,18H,5-7,12-13H2,1-4H3,(H,23,26)(H,24,28). The van der Waals surface area contributed by atoms with Gasteiger partial charge in [0.05, 0.1) is 6.04 Å². The van der Waals surface area contributed by atoms with E-state index in [1.54, 1.807) is 6.92 Å². The van der Waals surface area contributed by atoms with Gasteiger partial charge in [-0.25, -0.2) is 9.69 Å². The van der Waals surface area contributed by atoms with E-state index in [-0.39, 0.29) is 23.8 Å². The smallest absolute Gasteiger partial charge is 0.325 e. The van der Waals surface area contributed by atoms with E-state index in [4.69, 9.17) is 0 Å². The molecular formula is C22H31N3O3. The maximum atomic E-state index is 13.0. The van der Waals surface area contributed by atoms with Crippen molar-refractivity contribution in [1.82, 2.24) is 15.5 Å². The van der Waals surface area contributed by atoms with Gasteiger partial charge in [-0.3, -0.25) is 9.59 Å². The predicted octanol–water partition coefficient (Wildman–Crippen LogP) is 3.32. The summed E-state index contributed by atoms with van der Waals surface area (Å²) in [5.74, 6) is -0.393. The van der Waals surface area contributed by atoms with Crippen molar-refractivity contribution < 1.29 is 14.4 Å². The lowest BCUT2D eigenvalue weighted by Gasteiger charge is -2.28. The fourth-order valence-corrected chi connectivity index (χ4v) is 4.30. The van der Waals surface area contributed by atoms with E-state index in [9.17, 15) is 14.4 Å². The Bertz CT molecular complexity index is 751. The molecule has 6 nitrogen and oxygen atoms in total. The summed E-state index contributed by atoms with van der Waals surface area (Å²) in [6.07, 6.45) is 4.11. The molecule has 1 saturated carbocycles. The molecule has 0 radical (unpaired) electrons. The first-order valence-corrected chi connectivity index (χ1v) is 10.3. The Morgan fingerprint density at radius 2 is 1.75 bits per heavy atom. The van der Waals surface area contributed by atoms with Crippen LogP contribution in [0.25, 0.3) is 0 Å². The number of carbonyl (C=O) groups is 3. The fraction of sp³-hybridized carbons (Fsp3) is 0.591. The topological polar surface area (TPSA) is 78.5 Å². The summed E-state index contributed by atoms with van der Waals surface area (Å²) >= 11 is 0. The molecule has 1 spiro atoms. The molecule has 6 heteroatoms. The van der Waals surface area contributed by atoms with Gasteiger partial charge in [-0.05, 0) is 43.2 Å². The molecule has 2 aliphatic rings. The summed E-state index contributed by atoms with van der Waals surface area (Å²) in [5.41, 5.74) is 1.48. The van der Waals surface area contributed by atoms with Crippen LogP contribution >= 0.6 is 0 Å². The van der Waals surface area contributed by atoms with Gasteiger partial charge in [0.15, 0.2) is 0 Å². The third-order valence-electron chi connectivity index (χ3n) is 6.13. The number of benzene rings is 1. The molecule has 2 fully saturated rings. The molecule has 1 aliphatic carbocycles. The van der Waals surface area contributed by atoms with Crippen molar-refractivity contribution in [3.8, 4) is 0 Å². The molecule has 0 bridgehead atoms. The molecule has 152 valence electrons. The molecule has 4 amide bonds. The maximum absolute atomic E-state index is 13.0. The summed E-state index contributed by atoms with van der Waals surface area (Å²) in [4.78, 5) is 39.4. The minimum absolute atomic E-state index is 0.174. The molecule has 1 saturated heterocycles. The first-order chi connectivity index (χ1) is 13.3. The molecule has 1 aliphatic heterocycles. The zero-order valence-electron chi connectivity index (χ0n) is 17.2. The Hall–Kier alpha value is -2.37. The Kier molecular flexibility index (Phi) is 5.77. The number of carbonyl (C=O) groups excluding carboxylic acids is 3. The fourth-order valence-electron chi connectivity index (χ4n) is 4.30. The van der Waals surface area contributed by atoms with Crippen molar-refractivity contribution in [3.05, 3.63) is 35.4 Å². The predicted molar refractivity (Wildman–Crippen MR) is 108 cm³/mol. The first-order valence-electron chi connectivity index (χ1n) is 10.3. The Labute approximate surface area is 167 Å². The van der Waals surface area contributed by atoms with E-state index in [2.05, 4.69) is 29.7 Å². The summed E-state index contributed by atoms with van der Waals surface area (Å²) in [6, 6.07) is 6.74. The van der Waals surface area contributed by atoms with Gasteiger partial charge < -0.3 is 10.6 Å². The highest BCUT2D eigenvalue weighted by molar-refractivity contribution is 6.10. The number of hydrogen-bond acceptors (Lipinski definition) is 3. The van der Waals surface area contributed by atoms with Crippen LogP contribution in [0.2, 0.25) is 0 Å². The number of nitrogens with zero attached hydrogens (tertiary/aromatic N) is 1. The van der Waals surface area contributed by atoms with E-state index in [0.717, 1.165) is 29.7 Å². The van der Waals surface area contributed by atoms with Gasteiger partial charge in [-0.2, -0.15) is 0 Å². The zero-order valence-corrected chi connectivity index (χ0v) is 17.2. The maximum Gasteiger partial charge on any atom is 0.325 e. The van der Waals surface area contributed by atoms with Gasteiger partial charge in [-0.1, -0.05) is 57.9 Å². The van der Waals surface area contributed by atoms with Crippen LogP contribution in [-0.2, 0) is 16.0 Å². The minimum Gasteiger partial charge on any atom is -0.347 e. The third-order valence-corrected chi connectivity index (χ3v) is 6.13. The molecule has 28 heavy (non-hydrogen) atoms. The van der Waals surface area contributed by atoms with Gasteiger partial charge in [-0.15, -0.1) is 0 Å². The van der Waals surface area contributed by atoms with E-state index in [1.807, 2.05) is 26.0 Å². The highest BCUT2D eigenvalue weighted by Crippen LogP contribution is 2.36. The molecule has 0 aromatic heterocycles. The van der Waals surface area contributed by atoms with Crippen LogP contribution < -0.4 is 10.6 Å². The van der Waals surface area contributed by atoms with E-state index >= 15 is 0 Å². The van der Waals surface area contributed by atoms with Crippen LogP contribution in [0.15, 0.2) is 24.3 Å². The summed E-state index contributed by atoms with van der Waals surface area (Å²) < 4.78 is 0. The SMILES string of the molecule is CCc1ccc(C(NC(=O)C(C)N2C(=O)NC3(CCCC3)C2=O)C(C)C)cc1. The molecule has 3 rings (SSSR count). The molecule has 1 aromatic rings. The molecule has 1 heterocycles.